The monoisotopic (exact) mass is 317 g/mol. The second-order valence-corrected chi connectivity index (χ2v) is 5.27. The largest absolute Gasteiger partial charge is 0.418 e. The summed E-state index contributed by atoms with van der Waals surface area (Å²) in [7, 11) is 1.49. The molecule has 7 heteroatoms. The standard InChI is InChI=1S/C13H13Cl2NO4/c1-8(17)19-13(7-18-2)6-12(16-20-13)9-3-10(14)5-11(15)4-9/h3-5H,6-7H2,1-2H3. The van der Waals surface area contributed by atoms with Gasteiger partial charge in [0.15, 0.2) is 0 Å². The van der Waals surface area contributed by atoms with E-state index in [-0.39, 0.29) is 13.0 Å². The van der Waals surface area contributed by atoms with Gasteiger partial charge in [-0.2, -0.15) is 0 Å². The normalized spacial score (nSPS) is 21.3. The Morgan fingerprint density at radius 3 is 2.60 bits per heavy atom. The van der Waals surface area contributed by atoms with Crippen LogP contribution in [0, 0.1) is 0 Å². The number of hydrogen-bond donors (Lipinski definition) is 0. The van der Waals surface area contributed by atoms with E-state index in [1.54, 1.807) is 18.2 Å². The lowest BCUT2D eigenvalue weighted by atomic mass is 10.0. The number of halogens is 2. The van der Waals surface area contributed by atoms with Crippen molar-refractivity contribution in [3.05, 3.63) is 33.8 Å². The molecule has 20 heavy (non-hydrogen) atoms. The third-order valence-electron chi connectivity index (χ3n) is 2.65. The molecule has 0 spiro atoms. The van der Waals surface area contributed by atoms with Crippen LogP contribution < -0.4 is 0 Å². The minimum atomic E-state index is -1.23. The fourth-order valence-corrected chi connectivity index (χ4v) is 2.50. The first kappa shape index (κ1) is 15.1. The van der Waals surface area contributed by atoms with Gasteiger partial charge in [-0.3, -0.25) is 4.79 Å². The van der Waals surface area contributed by atoms with Gasteiger partial charge in [-0.05, 0) is 18.2 Å². The van der Waals surface area contributed by atoms with Crippen molar-refractivity contribution >= 4 is 34.9 Å². The van der Waals surface area contributed by atoms with E-state index < -0.39 is 11.8 Å². The zero-order valence-electron chi connectivity index (χ0n) is 11.0. The summed E-state index contributed by atoms with van der Waals surface area (Å²) in [6, 6.07) is 5.05. The molecule has 1 aliphatic heterocycles. The fraction of sp³-hybridized carbons (Fsp3) is 0.385. The predicted octanol–water partition coefficient (Wildman–Crippen LogP) is 3.02. The zero-order valence-corrected chi connectivity index (χ0v) is 12.5. The van der Waals surface area contributed by atoms with E-state index in [1.807, 2.05) is 0 Å². The molecule has 0 aromatic heterocycles. The molecule has 1 heterocycles. The number of esters is 1. The Morgan fingerprint density at radius 2 is 2.05 bits per heavy atom. The quantitative estimate of drug-likeness (QED) is 0.801. The van der Waals surface area contributed by atoms with Crippen LogP contribution in [0.4, 0.5) is 0 Å². The first-order valence-corrected chi connectivity index (χ1v) is 6.60. The third-order valence-corrected chi connectivity index (χ3v) is 3.09. The Morgan fingerprint density at radius 1 is 1.40 bits per heavy atom. The maximum Gasteiger partial charge on any atom is 0.306 e. The van der Waals surface area contributed by atoms with Crippen LogP contribution in [-0.2, 0) is 19.1 Å². The van der Waals surface area contributed by atoms with Crippen molar-refractivity contribution < 1.29 is 19.1 Å². The number of carbonyl (C=O) groups excluding carboxylic acids is 1. The van der Waals surface area contributed by atoms with Crippen molar-refractivity contribution in [2.45, 2.75) is 19.1 Å². The number of carbonyl (C=O) groups is 1. The average molecular weight is 318 g/mol. The van der Waals surface area contributed by atoms with E-state index in [4.69, 9.17) is 37.5 Å². The lowest BCUT2D eigenvalue weighted by Gasteiger charge is -2.24. The molecule has 0 saturated heterocycles. The molecule has 0 N–H and O–H groups in total. The molecule has 1 atom stereocenters. The molecule has 0 radical (unpaired) electrons. The van der Waals surface area contributed by atoms with Gasteiger partial charge in [-0.25, -0.2) is 0 Å². The number of nitrogens with zero attached hydrogens (tertiary/aromatic N) is 1. The van der Waals surface area contributed by atoms with E-state index >= 15 is 0 Å². The van der Waals surface area contributed by atoms with Gasteiger partial charge in [0, 0.05) is 29.6 Å². The molecule has 108 valence electrons. The second kappa shape index (κ2) is 5.99. The molecule has 2 rings (SSSR count). The fourth-order valence-electron chi connectivity index (χ4n) is 1.98. The molecular weight excluding hydrogens is 305 g/mol. The molecule has 0 fully saturated rings. The van der Waals surface area contributed by atoms with Crippen LogP contribution in [0.5, 0.6) is 0 Å². The Balaban J connectivity index is 2.22. The summed E-state index contributed by atoms with van der Waals surface area (Å²) in [5.74, 6) is -1.70. The van der Waals surface area contributed by atoms with Crippen LogP contribution in [0.2, 0.25) is 10.0 Å². The highest BCUT2D eigenvalue weighted by molar-refractivity contribution is 6.35. The second-order valence-electron chi connectivity index (χ2n) is 4.40. The van der Waals surface area contributed by atoms with Crippen LogP contribution >= 0.6 is 23.2 Å². The predicted molar refractivity (Wildman–Crippen MR) is 75.1 cm³/mol. The van der Waals surface area contributed by atoms with Crippen LogP contribution in [0.1, 0.15) is 18.9 Å². The third kappa shape index (κ3) is 3.42. The number of methoxy groups -OCH3 is 1. The van der Waals surface area contributed by atoms with Gasteiger partial charge in [-0.15, -0.1) is 0 Å². The zero-order chi connectivity index (χ0) is 14.8. The van der Waals surface area contributed by atoms with Crippen molar-refractivity contribution in [3.63, 3.8) is 0 Å². The maximum absolute atomic E-state index is 11.2. The van der Waals surface area contributed by atoms with Gasteiger partial charge < -0.3 is 14.3 Å². The van der Waals surface area contributed by atoms with E-state index in [2.05, 4.69) is 5.16 Å². The van der Waals surface area contributed by atoms with E-state index in [1.165, 1.54) is 14.0 Å². The molecule has 0 bridgehead atoms. The van der Waals surface area contributed by atoms with Gasteiger partial charge in [0.2, 0.25) is 0 Å². The van der Waals surface area contributed by atoms with E-state index in [0.29, 0.717) is 21.3 Å². The molecule has 0 saturated carbocycles. The highest BCUT2D eigenvalue weighted by atomic mass is 35.5. The summed E-state index contributed by atoms with van der Waals surface area (Å²) in [5.41, 5.74) is 1.31. The van der Waals surface area contributed by atoms with Gasteiger partial charge in [0.25, 0.3) is 0 Å². The Labute approximate surface area is 126 Å². The SMILES string of the molecule is COCC1(OC(C)=O)CC(c2cc(Cl)cc(Cl)c2)=NO1. The van der Waals surface area contributed by atoms with Crippen LogP contribution in [0.15, 0.2) is 23.4 Å². The molecule has 1 aliphatic rings. The topological polar surface area (TPSA) is 57.1 Å². The van der Waals surface area contributed by atoms with E-state index in [0.717, 1.165) is 0 Å². The number of rotatable bonds is 4. The maximum atomic E-state index is 11.2. The molecule has 0 aliphatic carbocycles. The molecule has 1 aromatic carbocycles. The smallest absolute Gasteiger partial charge is 0.306 e. The van der Waals surface area contributed by atoms with Crippen molar-refractivity contribution in [2.24, 2.45) is 5.16 Å². The molecular formula is C13H13Cl2NO4. The van der Waals surface area contributed by atoms with Crippen LogP contribution in [-0.4, -0.2) is 31.2 Å². The highest BCUT2D eigenvalue weighted by Crippen LogP contribution is 2.30. The summed E-state index contributed by atoms with van der Waals surface area (Å²) in [6.07, 6.45) is 0.261. The number of benzene rings is 1. The lowest BCUT2D eigenvalue weighted by molar-refractivity contribution is -0.236. The van der Waals surface area contributed by atoms with Gasteiger partial charge in [0.05, 0.1) is 12.1 Å². The van der Waals surface area contributed by atoms with Crippen LogP contribution in [0.3, 0.4) is 0 Å². The Kier molecular flexibility index (Phi) is 4.52. The Hall–Kier alpha value is -1.30. The summed E-state index contributed by atoms with van der Waals surface area (Å²) in [5, 5.41) is 4.94. The summed E-state index contributed by atoms with van der Waals surface area (Å²) in [6.45, 7) is 1.38. The lowest BCUT2D eigenvalue weighted by Crippen LogP contribution is -2.39. The average Bonchev–Trinajstić information content (AvgIpc) is 2.71. The van der Waals surface area contributed by atoms with Crippen LogP contribution in [0.25, 0.3) is 0 Å². The number of ether oxygens (including phenoxy) is 2. The van der Waals surface area contributed by atoms with Gasteiger partial charge in [-0.1, -0.05) is 28.4 Å². The van der Waals surface area contributed by atoms with Gasteiger partial charge >= 0.3 is 11.8 Å². The van der Waals surface area contributed by atoms with Crippen molar-refractivity contribution in [1.29, 1.82) is 0 Å². The summed E-state index contributed by atoms with van der Waals surface area (Å²) < 4.78 is 10.2. The minimum absolute atomic E-state index is 0.0773. The molecule has 1 unspecified atom stereocenters. The van der Waals surface area contributed by atoms with E-state index in [9.17, 15) is 4.79 Å². The summed E-state index contributed by atoms with van der Waals surface area (Å²) in [4.78, 5) is 16.5. The summed E-state index contributed by atoms with van der Waals surface area (Å²) >= 11 is 11.9. The number of oxime groups is 1. The van der Waals surface area contributed by atoms with Crippen molar-refractivity contribution in [2.75, 3.05) is 13.7 Å². The molecule has 5 nitrogen and oxygen atoms in total. The molecule has 0 amide bonds. The van der Waals surface area contributed by atoms with Gasteiger partial charge in [0.1, 0.15) is 6.61 Å². The minimum Gasteiger partial charge on any atom is -0.418 e. The van der Waals surface area contributed by atoms with Crippen molar-refractivity contribution in [1.82, 2.24) is 0 Å². The number of hydrogen-bond acceptors (Lipinski definition) is 5. The highest BCUT2D eigenvalue weighted by Gasteiger charge is 2.43. The molecule has 1 aromatic rings. The first-order valence-electron chi connectivity index (χ1n) is 5.84. The Bertz CT molecular complexity index is 541. The first-order chi connectivity index (χ1) is 9.44. The van der Waals surface area contributed by atoms with Crippen molar-refractivity contribution in [3.8, 4) is 0 Å².